The monoisotopic (exact) mass is 588 g/mol. The maximum Gasteiger partial charge on any atom is 0.410 e. The van der Waals surface area contributed by atoms with Gasteiger partial charge in [0.25, 0.3) is 0 Å². The number of primary amides is 1. The number of amides is 2. The molecule has 1 aliphatic rings. The van der Waals surface area contributed by atoms with Gasteiger partial charge in [0.2, 0.25) is 5.91 Å². The summed E-state index contributed by atoms with van der Waals surface area (Å²) in [7, 11) is -2.21. The van der Waals surface area contributed by atoms with Crippen molar-refractivity contribution in [2.75, 3.05) is 13.2 Å². The first-order valence-corrected chi connectivity index (χ1v) is 17.5. The molecule has 3 aromatic carbocycles. The third-order valence-electron chi connectivity index (χ3n) is 8.68. The maximum atomic E-state index is 14.0. The van der Waals surface area contributed by atoms with Gasteiger partial charge in [-0.1, -0.05) is 112 Å². The normalized spacial score (nSPS) is 20.8. The van der Waals surface area contributed by atoms with E-state index in [1.54, 1.807) is 4.90 Å². The molecule has 1 aliphatic heterocycles. The zero-order valence-electron chi connectivity index (χ0n) is 25.4. The summed E-state index contributed by atoms with van der Waals surface area (Å²) in [6.07, 6.45) is -0.506. The molecule has 0 radical (unpaired) electrons. The number of likely N-dealkylation sites (tertiary alicyclic amines) is 1. The molecule has 0 unspecified atom stereocenters. The van der Waals surface area contributed by atoms with Gasteiger partial charge in [-0.25, -0.2) is 4.79 Å². The smallest absolute Gasteiger partial charge is 0.410 e. The fourth-order valence-electron chi connectivity index (χ4n) is 5.30. The van der Waals surface area contributed by atoms with Crippen LogP contribution in [0.25, 0.3) is 0 Å². The van der Waals surface area contributed by atoms with Gasteiger partial charge in [0.05, 0.1) is 37.8 Å². The Morgan fingerprint density at radius 1 is 0.810 bits per heavy atom. The highest BCUT2D eigenvalue weighted by Gasteiger charge is 2.55. The van der Waals surface area contributed by atoms with Crippen molar-refractivity contribution < 1.29 is 23.5 Å². The summed E-state index contributed by atoms with van der Waals surface area (Å²) in [5, 5.41) is -0.0362. The Hall–Kier alpha value is -3.46. The van der Waals surface area contributed by atoms with Crippen molar-refractivity contribution in [1.29, 1.82) is 0 Å². The molecule has 0 spiro atoms. The number of nitrogens with zero attached hydrogens (tertiary/aromatic N) is 1. The summed E-state index contributed by atoms with van der Waals surface area (Å²) >= 11 is 0. The molecule has 42 heavy (non-hydrogen) atoms. The van der Waals surface area contributed by atoms with E-state index in [1.807, 2.05) is 91.0 Å². The van der Waals surface area contributed by atoms with E-state index in [4.69, 9.17) is 19.6 Å². The van der Waals surface area contributed by atoms with Gasteiger partial charge in [-0.3, -0.25) is 9.69 Å². The van der Waals surface area contributed by atoms with Crippen LogP contribution in [0.2, 0.25) is 18.1 Å². The van der Waals surface area contributed by atoms with Crippen LogP contribution in [0, 0.1) is 11.8 Å². The Morgan fingerprint density at radius 3 is 1.86 bits per heavy atom. The quantitative estimate of drug-likeness (QED) is 0.252. The number of hydrogen-bond donors (Lipinski definition) is 1. The first-order chi connectivity index (χ1) is 20.0. The van der Waals surface area contributed by atoms with Crippen LogP contribution in [0.15, 0.2) is 91.0 Å². The molecule has 0 saturated carbocycles. The van der Waals surface area contributed by atoms with Crippen LogP contribution >= 0.6 is 0 Å². The van der Waals surface area contributed by atoms with Gasteiger partial charge in [0, 0.05) is 5.92 Å². The topological polar surface area (TPSA) is 91.1 Å². The van der Waals surface area contributed by atoms with E-state index in [-0.39, 0.29) is 24.9 Å². The Bertz CT molecular complexity index is 1300. The fraction of sp³-hybridized carbons (Fsp3) is 0.412. The van der Waals surface area contributed by atoms with Crippen LogP contribution in [0.3, 0.4) is 0 Å². The Kier molecular flexibility index (Phi) is 10.2. The molecule has 1 heterocycles. The second kappa shape index (κ2) is 13.7. The highest BCUT2D eigenvalue weighted by atomic mass is 28.4. The van der Waals surface area contributed by atoms with Crippen LogP contribution in [0.5, 0.6) is 0 Å². The molecular formula is C34H44N2O5Si. The standard InChI is InChI=1S/C34H44N2O5Si/c1-34(2,3)42(4,5)41-24-29-28(23-39-21-25-15-9-6-10-16-25)30(32(35)37)31(27-19-13-8-14-20-27)36(29)33(38)40-22-26-17-11-7-12-18-26/h6-20,28-31H,21-24H2,1-5H3,(H2,35,37)/t28-,29-,30+,31+/m1/s1. The molecule has 1 saturated heterocycles. The highest BCUT2D eigenvalue weighted by molar-refractivity contribution is 6.74. The lowest BCUT2D eigenvalue weighted by molar-refractivity contribution is -0.124. The first kappa shape index (κ1) is 31.5. The van der Waals surface area contributed by atoms with Crippen molar-refractivity contribution in [2.24, 2.45) is 17.6 Å². The summed E-state index contributed by atoms with van der Waals surface area (Å²) in [6.45, 7) is 11.9. The molecule has 2 amide bonds. The number of benzene rings is 3. The van der Waals surface area contributed by atoms with Gasteiger partial charge in [-0.2, -0.15) is 0 Å². The Balaban J connectivity index is 1.70. The number of ether oxygens (including phenoxy) is 2. The highest BCUT2D eigenvalue weighted by Crippen LogP contribution is 2.47. The van der Waals surface area contributed by atoms with E-state index in [0.717, 1.165) is 16.7 Å². The van der Waals surface area contributed by atoms with Crippen molar-refractivity contribution in [2.45, 2.75) is 64.2 Å². The summed E-state index contributed by atoms with van der Waals surface area (Å²) in [5.41, 5.74) is 8.86. The molecule has 8 heteroatoms. The lowest BCUT2D eigenvalue weighted by Gasteiger charge is -2.39. The van der Waals surface area contributed by atoms with E-state index < -0.39 is 44.2 Å². The van der Waals surface area contributed by atoms with Crippen molar-refractivity contribution >= 4 is 20.3 Å². The van der Waals surface area contributed by atoms with Crippen molar-refractivity contribution in [3.63, 3.8) is 0 Å². The summed E-state index contributed by atoms with van der Waals surface area (Å²) in [6, 6.07) is 27.9. The van der Waals surface area contributed by atoms with Crippen LogP contribution in [-0.2, 0) is 31.9 Å². The van der Waals surface area contributed by atoms with Crippen LogP contribution < -0.4 is 5.73 Å². The molecule has 3 aromatic rings. The molecule has 2 N–H and O–H groups in total. The predicted octanol–water partition coefficient (Wildman–Crippen LogP) is 6.71. The minimum Gasteiger partial charge on any atom is -0.445 e. The molecule has 4 atom stereocenters. The average Bonchev–Trinajstić information content (AvgIpc) is 3.30. The molecule has 224 valence electrons. The number of carbonyl (C=O) groups is 2. The fourth-order valence-corrected chi connectivity index (χ4v) is 6.32. The Labute approximate surface area is 251 Å². The van der Waals surface area contributed by atoms with Gasteiger partial charge in [0.15, 0.2) is 8.32 Å². The zero-order valence-corrected chi connectivity index (χ0v) is 26.4. The average molecular weight is 589 g/mol. The van der Waals surface area contributed by atoms with Gasteiger partial charge in [0.1, 0.15) is 6.61 Å². The SMILES string of the molecule is CC(C)(C)[Si](C)(C)OC[C@@H]1[C@@H](COCc2ccccc2)[C@H](C(N)=O)[C@H](c2ccccc2)N1C(=O)OCc1ccccc1. The lowest BCUT2D eigenvalue weighted by Crippen LogP contribution is -2.48. The second-order valence-electron chi connectivity index (χ2n) is 12.5. The van der Waals surface area contributed by atoms with Crippen LogP contribution in [-0.4, -0.2) is 44.5 Å². The number of rotatable bonds is 11. The summed E-state index contributed by atoms with van der Waals surface area (Å²) in [4.78, 5) is 28.9. The third kappa shape index (κ3) is 7.48. The maximum absolute atomic E-state index is 14.0. The molecular weight excluding hydrogens is 544 g/mol. The van der Waals surface area contributed by atoms with Gasteiger partial charge in [-0.05, 0) is 34.8 Å². The van der Waals surface area contributed by atoms with Crippen molar-refractivity contribution in [1.82, 2.24) is 4.90 Å². The predicted molar refractivity (Wildman–Crippen MR) is 167 cm³/mol. The Morgan fingerprint density at radius 2 is 1.33 bits per heavy atom. The number of hydrogen-bond acceptors (Lipinski definition) is 5. The molecule has 0 bridgehead atoms. The van der Waals surface area contributed by atoms with Gasteiger partial charge < -0.3 is 19.6 Å². The zero-order chi connectivity index (χ0) is 30.3. The largest absolute Gasteiger partial charge is 0.445 e. The molecule has 0 aliphatic carbocycles. The molecule has 1 fully saturated rings. The number of carbonyl (C=O) groups excluding carboxylic acids is 2. The second-order valence-corrected chi connectivity index (χ2v) is 17.3. The van der Waals surface area contributed by atoms with Crippen LogP contribution in [0.1, 0.15) is 43.5 Å². The van der Waals surface area contributed by atoms with Gasteiger partial charge in [-0.15, -0.1) is 0 Å². The molecule has 0 aromatic heterocycles. The minimum atomic E-state index is -2.21. The van der Waals surface area contributed by atoms with E-state index in [9.17, 15) is 9.59 Å². The summed E-state index contributed by atoms with van der Waals surface area (Å²) < 4.78 is 18.8. The minimum absolute atomic E-state index is 0.0362. The lowest BCUT2D eigenvalue weighted by atomic mass is 9.84. The number of nitrogens with two attached hydrogens (primary N) is 1. The molecule has 4 rings (SSSR count). The van der Waals surface area contributed by atoms with E-state index in [1.165, 1.54) is 0 Å². The van der Waals surface area contributed by atoms with E-state index in [0.29, 0.717) is 6.61 Å². The van der Waals surface area contributed by atoms with E-state index in [2.05, 4.69) is 33.9 Å². The molecule has 7 nitrogen and oxygen atoms in total. The van der Waals surface area contributed by atoms with E-state index >= 15 is 0 Å². The van der Waals surface area contributed by atoms with Crippen LogP contribution in [0.4, 0.5) is 4.79 Å². The van der Waals surface area contributed by atoms with Crippen molar-refractivity contribution in [3.05, 3.63) is 108 Å². The first-order valence-electron chi connectivity index (χ1n) is 14.6. The third-order valence-corrected chi connectivity index (χ3v) is 13.2. The summed E-state index contributed by atoms with van der Waals surface area (Å²) in [5.74, 6) is -1.57. The van der Waals surface area contributed by atoms with Gasteiger partial charge >= 0.3 is 6.09 Å². The van der Waals surface area contributed by atoms with Crippen molar-refractivity contribution in [3.8, 4) is 0 Å².